The van der Waals surface area contributed by atoms with E-state index in [0.717, 1.165) is 31.2 Å². The van der Waals surface area contributed by atoms with E-state index in [4.69, 9.17) is 5.11 Å². The summed E-state index contributed by atoms with van der Waals surface area (Å²) in [5.41, 5.74) is 2.39. The Labute approximate surface area is 176 Å². The number of carboxylic acid groups (broad SMARTS) is 1. The van der Waals surface area contributed by atoms with Gasteiger partial charge in [0.2, 0.25) is 0 Å². The van der Waals surface area contributed by atoms with Crippen LogP contribution in [0.4, 0.5) is 10.5 Å². The molecule has 2 aliphatic rings. The van der Waals surface area contributed by atoms with Crippen molar-refractivity contribution in [3.05, 3.63) is 59.4 Å². The Morgan fingerprint density at radius 3 is 2.40 bits per heavy atom. The number of nitrogens with one attached hydrogen (secondary N) is 1. The van der Waals surface area contributed by atoms with Crippen molar-refractivity contribution >= 4 is 17.7 Å². The van der Waals surface area contributed by atoms with E-state index in [9.17, 15) is 9.59 Å². The Morgan fingerprint density at radius 2 is 1.83 bits per heavy atom. The zero-order valence-electron chi connectivity index (χ0n) is 17.7. The molecule has 2 N–H and O–H groups in total. The molecule has 2 amide bonds. The summed E-state index contributed by atoms with van der Waals surface area (Å²) in [5.74, 6) is -1.07. The van der Waals surface area contributed by atoms with Crippen LogP contribution in [0.15, 0.2) is 42.6 Å². The number of aromatic nitrogens is 1. The summed E-state index contributed by atoms with van der Waals surface area (Å²) in [6.07, 6.45) is 5.15. The summed E-state index contributed by atoms with van der Waals surface area (Å²) in [5, 5.41) is 12.4. The molecule has 158 valence electrons. The molecule has 2 aromatic rings. The number of aryl methyl sites for hydroxylation is 1. The molecule has 1 aliphatic carbocycles. The molecule has 2 heterocycles. The van der Waals surface area contributed by atoms with E-state index >= 15 is 0 Å². The van der Waals surface area contributed by atoms with Gasteiger partial charge in [0.25, 0.3) is 0 Å². The van der Waals surface area contributed by atoms with Gasteiger partial charge in [-0.05, 0) is 63.9 Å². The molecule has 0 atom stereocenters. The van der Waals surface area contributed by atoms with Crippen molar-refractivity contribution in [1.82, 2.24) is 15.2 Å². The van der Waals surface area contributed by atoms with Gasteiger partial charge in [0.1, 0.15) is 5.69 Å². The minimum atomic E-state index is -1.07. The lowest BCUT2D eigenvalue weighted by Crippen LogP contribution is -2.54. The number of hydrogen-bond donors (Lipinski definition) is 2. The number of benzene rings is 1. The van der Waals surface area contributed by atoms with E-state index in [1.807, 2.05) is 13.0 Å². The van der Waals surface area contributed by atoms with E-state index in [0.29, 0.717) is 12.2 Å². The van der Waals surface area contributed by atoms with E-state index in [1.165, 1.54) is 17.8 Å². The van der Waals surface area contributed by atoms with Crippen molar-refractivity contribution in [3.63, 3.8) is 0 Å². The van der Waals surface area contributed by atoms with Crippen LogP contribution in [0.1, 0.15) is 47.3 Å². The van der Waals surface area contributed by atoms with Gasteiger partial charge >= 0.3 is 12.0 Å². The maximum absolute atomic E-state index is 12.8. The van der Waals surface area contributed by atoms with Crippen LogP contribution in [0.5, 0.6) is 0 Å². The number of anilines is 1. The third-order valence-corrected chi connectivity index (χ3v) is 6.87. The topological polar surface area (TPSA) is 85.8 Å². The molecule has 2 fully saturated rings. The fourth-order valence-corrected chi connectivity index (χ4v) is 5.02. The number of urea groups is 1. The maximum atomic E-state index is 12.8. The van der Waals surface area contributed by atoms with Crippen LogP contribution in [0.3, 0.4) is 0 Å². The van der Waals surface area contributed by atoms with E-state index in [1.54, 1.807) is 4.90 Å². The molecule has 0 unspecified atom stereocenters. The van der Waals surface area contributed by atoms with Crippen LogP contribution in [-0.4, -0.2) is 53.2 Å². The third kappa shape index (κ3) is 3.33. The number of carboxylic acids is 1. The maximum Gasteiger partial charge on any atom is 0.354 e. The lowest BCUT2D eigenvalue weighted by atomic mass is 9.69. The largest absolute Gasteiger partial charge is 0.477 e. The Hall–Kier alpha value is -2.93. The van der Waals surface area contributed by atoms with Crippen molar-refractivity contribution in [1.29, 1.82) is 0 Å². The zero-order chi connectivity index (χ0) is 21.5. The fourth-order valence-electron chi connectivity index (χ4n) is 5.02. The molecule has 1 aromatic carbocycles. The molecule has 1 aliphatic heterocycles. The van der Waals surface area contributed by atoms with Crippen LogP contribution in [0.2, 0.25) is 0 Å². The van der Waals surface area contributed by atoms with Crippen LogP contribution in [-0.2, 0) is 5.54 Å². The molecule has 30 heavy (non-hydrogen) atoms. The van der Waals surface area contributed by atoms with Crippen molar-refractivity contribution in [2.24, 2.45) is 0 Å². The molecule has 7 heteroatoms. The number of hydrogen-bond acceptors (Lipinski definition) is 4. The average Bonchev–Trinajstić information content (AvgIpc) is 3.04. The Balaban J connectivity index is 1.56. The highest BCUT2D eigenvalue weighted by atomic mass is 16.4. The Morgan fingerprint density at radius 1 is 1.17 bits per heavy atom. The predicted octanol–water partition coefficient (Wildman–Crippen LogP) is 3.39. The molecule has 0 bridgehead atoms. The number of amides is 2. The summed E-state index contributed by atoms with van der Waals surface area (Å²) in [4.78, 5) is 32.0. The molecular weight excluding hydrogens is 380 g/mol. The van der Waals surface area contributed by atoms with Gasteiger partial charge in [-0.1, -0.05) is 30.3 Å². The van der Waals surface area contributed by atoms with Crippen LogP contribution in [0.25, 0.3) is 0 Å². The summed E-state index contributed by atoms with van der Waals surface area (Å²) < 4.78 is 0. The second-order valence-electron chi connectivity index (χ2n) is 8.75. The number of pyridine rings is 1. The smallest absolute Gasteiger partial charge is 0.354 e. The normalized spacial score (nSPS) is 26.3. The van der Waals surface area contributed by atoms with E-state index in [-0.39, 0.29) is 22.8 Å². The van der Waals surface area contributed by atoms with Gasteiger partial charge in [-0.3, -0.25) is 9.80 Å². The highest BCUT2D eigenvalue weighted by Gasteiger charge is 2.50. The minimum Gasteiger partial charge on any atom is -0.477 e. The molecule has 0 radical (unpaired) electrons. The minimum absolute atomic E-state index is 0.0122. The van der Waals surface area contributed by atoms with Crippen molar-refractivity contribution in [2.45, 2.75) is 43.7 Å². The second-order valence-corrected chi connectivity index (χ2v) is 8.75. The van der Waals surface area contributed by atoms with Crippen molar-refractivity contribution in [3.8, 4) is 0 Å². The highest BCUT2D eigenvalue weighted by Crippen LogP contribution is 2.46. The molecule has 4 rings (SSSR count). The molecule has 1 aromatic heterocycles. The van der Waals surface area contributed by atoms with Gasteiger partial charge in [-0.25, -0.2) is 14.6 Å². The summed E-state index contributed by atoms with van der Waals surface area (Å²) >= 11 is 0. The lowest BCUT2D eigenvalue weighted by Gasteiger charge is -2.48. The summed E-state index contributed by atoms with van der Waals surface area (Å²) in [7, 11) is 4.26. The van der Waals surface area contributed by atoms with Gasteiger partial charge in [-0.2, -0.15) is 0 Å². The van der Waals surface area contributed by atoms with Gasteiger partial charge < -0.3 is 10.4 Å². The first-order valence-corrected chi connectivity index (χ1v) is 10.3. The fraction of sp³-hybridized carbons (Fsp3) is 0.435. The molecule has 1 saturated heterocycles. The number of aromatic carboxylic acids is 1. The molecular formula is C23H28N4O3. The highest BCUT2D eigenvalue weighted by molar-refractivity contribution is 5.96. The quantitative estimate of drug-likeness (QED) is 0.810. The van der Waals surface area contributed by atoms with Gasteiger partial charge in [0.05, 0.1) is 24.0 Å². The standard InChI is InChI=1S/C23H28N4O3/c1-16-13-18(20(28)29)24-14-19(16)27-15-22(25-21(27)30)9-11-23(12-10-22,26(2)3)17-7-5-4-6-8-17/h4-8,13-14H,9-12,15H2,1-3H3,(H,25,30)(H,28,29). The number of nitrogens with zero attached hydrogens (tertiary/aromatic N) is 3. The van der Waals surface area contributed by atoms with Crippen molar-refractivity contribution < 1.29 is 14.7 Å². The zero-order valence-corrected chi connectivity index (χ0v) is 17.7. The second kappa shape index (κ2) is 7.40. The summed E-state index contributed by atoms with van der Waals surface area (Å²) in [6.45, 7) is 2.38. The molecule has 1 spiro atoms. The van der Waals surface area contributed by atoms with Gasteiger partial charge in [0.15, 0.2) is 0 Å². The number of carbonyl (C=O) groups is 2. The van der Waals surface area contributed by atoms with Gasteiger partial charge in [0, 0.05) is 5.54 Å². The first-order valence-electron chi connectivity index (χ1n) is 10.3. The Bertz CT molecular complexity index is 966. The summed E-state index contributed by atoms with van der Waals surface area (Å²) in [6, 6.07) is 12.0. The first-order chi connectivity index (χ1) is 14.3. The monoisotopic (exact) mass is 408 g/mol. The first kappa shape index (κ1) is 20.3. The molecule has 1 saturated carbocycles. The average molecular weight is 409 g/mol. The Kier molecular flexibility index (Phi) is 5.02. The van der Waals surface area contributed by atoms with Crippen molar-refractivity contribution in [2.75, 3.05) is 25.5 Å². The molecule has 7 nitrogen and oxygen atoms in total. The SMILES string of the molecule is Cc1cc(C(=O)O)ncc1N1CC2(CCC(c3ccccc3)(N(C)C)CC2)NC1=O. The number of rotatable bonds is 4. The van der Waals surface area contributed by atoms with E-state index < -0.39 is 5.97 Å². The van der Waals surface area contributed by atoms with E-state index in [2.05, 4.69) is 53.6 Å². The van der Waals surface area contributed by atoms with Gasteiger partial charge in [-0.15, -0.1) is 0 Å². The predicted molar refractivity (Wildman–Crippen MR) is 115 cm³/mol. The van der Waals surface area contributed by atoms with Crippen LogP contribution >= 0.6 is 0 Å². The third-order valence-electron chi connectivity index (χ3n) is 6.87. The number of carbonyl (C=O) groups excluding carboxylic acids is 1. The van der Waals surface area contributed by atoms with Crippen LogP contribution < -0.4 is 10.2 Å². The van der Waals surface area contributed by atoms with Crippen LogP contribution in [0, 0.1) is 6.92 Å². The lowest BCUT2D eigenvalue weighted by molar-refractivity contribution is 0.0657.